The Bertz CT molecular complexity index is 362. The Balaban J connectivity index is 2.85. The number of rotatable bonds is 2. The maximum Gasteiger partial charge on any atom is 0.239 e. The molecular weight excluding hydrogens is 223 g/mol. The smallest absolute Gasteiger partial charge is 0.239 e. The molecule has 0 saturated heterocycles. The van der Waals surface area contributed by atoms with Gasteiger partial charge in [-0.3, -0.25) is 0 Å². The van der Waals surface area contributed by atoms with Gasteiger partial charge in [0.05, 0.1) is 5.02 Å². The number of hydrogen-bond donors (Lipinski definition) is 0. The Labute approximate surface area is 79.0 Å². The number of nitrogens with zero attached hydrogens (tertiary/aromatic N) is 2. The number of aromatic nitrogens is 2. The van der Waals surface area contributed by atoms with Crippen LogP contribution in [-0.4, -0.2) is 18.4 Å². The molecule has 0 radical (unpaired) electrons. The Morgan fingerprint density at radius 3 is 2.25 bits per heavy atom. The zero-order chi connectivity index (χ0) is 9.19. The molecule has 4 nitrogen and oxygen atoms in total. The molecule has 0 saturated carbocycles. The second-order valence-electron chi connectivity index (χ2n) is 2.00. The van der Waals surface area contributed by atoms with Crippen LogP contribution in [0, 0.1) is 0 Å². The van der Waals surface area contributed by atoms with Crippen molar-refractivity contribution in [2.45, 2.75) is 5.75 Å². The van der Waals surface area contributed by atoms with Crippen molar-refractivity contribution in [1.82, 2.24) is 9.97 Å². The van der Waals surface area contributed by atoms with E-state index in [2.05, 4.69) is 9.97 Å². The molecule has 0 bridgehead atoms. The summed E-state index contributed by atoms with van der Waals surface area (Å²) in [5.41, 5.74) is 0. The second kappa shape index (κ2) is 3.55. The predicted molar refractivity (Wildman–Crippen MR) is 45.5 cm³/mol. The van der Waals surface area contributed by atoms with Crippen LogP contribution in [0.25, 0.3) is 0 Å². The molecule has 0 spiro atoms. The van der Waals surface area contributed by atoms with E-state index in [1.54, 1.807) is 0 Å². The van der Waals surface area contributed by atoms with Gasteiger partial charge in [0.1, 0.15) is 11.6 Å². The minimum absolute atomic E-state index is 0.134. The first kappa shape index (κ1) is 9.70. The van der Waals surface area contributed by atoms with Gasteiger partial charge in [0, 0.05) is 23.1 Å². The SMILES string of the molecule is O=S(=O)(Cl)Cc1ncc(Cl)cn1. The highest BCUT2D eigenvalue weighted by molar-refractivity contribution is 8.13. The number of hydrogen-bond acceptors (Lipinski definition) is 4. The summed E-state index contributed by atoms with van der Waals surface area (Å²) < 4.78 is 21.1. The van der Waals surface area contributed by atoms with E-state index < -0.39 is 9.05 Å². The molecule has 0 aromatic carbocycles. The van der Waals surface area contributed by atoms with Crippen molar-refractivity contribution in [3.63, 3.8) is 0 Å². The van der Waals surface area contributed by atoms with Gasteiger partial charge in [-0.05, 0) is 0 Å². The first-order chi connectivity index (χ1) is 5.47. The van der Waals surface area contributed by atoms with E-state index >= 15 is 0 Å². The van der Waals surface area contributed by atoms with E-state index in [0.717, 1.165) is 0 Å². The second-order valence-corrected chi connectivity index (χ2v) is 5.21. The fourth-order valence-electron chi connectivity index (χ4n) is 0.568. The molecule has 0 aliphatic heterocycles. The third kappa shape index (κ3) is 3.34. The van der Waals surface area contributed by atoms with Crippen LogP contribution in [0.2, 0.25) is 5.02 Å². The first-order valence-corrected chi connectivity index (χ1v) is 5.72. The first-order valence-electron chi connectivity index (χ1n) is 2.86. The summed E-state index contributed by atoms with van der Waals surface area (Å²) in [6, 6.07) is 0. The topological polar surface area (TPSA) is 59.9 Å². The summed E-state index contributed by atoms with van der Waals surface area (Å²) in [5, 5.41) is 0.353. The molecule has 0 aliphatic carbocycles. The Morgan fingerprint density at radius 2 is 1.83 bits per heavy atom. The summed E-state index contributed by atoms with van der Waals surface area (Å²) in [6.45, 7) is 0. The summed E-state index contributed by atoms with van der Waals surface area (Å²) in [7, 11) is 1.38. The fraction of sp³-hybridized carbons (Fsp3) is 0.200. The van der Waals surface area contributed by atoms with Gasteiger partial charge in [0.25, 0.3) is 0 Å². The van der Waals surface area contributed by atoms with Crippen molar-refractivity contribution in [2.75, 3.05) is 0 Å². The predicted octanol–water partition coefficient (Wildman–Crippen LogP) is 1.20. The highest BCUT2D eigenvalue weighted by Gasteiger charge is 2.08. The molecule has 0 unspecified atom stereocenters. The van der Waals surface area contributed by atoms with Crippen LogP contribution in [0.4, 0.5) is 0 Å². The zero-order valence-electron chi connectivity index (χ0n) is 5.74. The average Bonchev–Trinajstić information content (AvgIpc) is 1.91. The van der Waals surface area contributed by atoms with Crippen LogP contribution in [-0.2, 0) is 14.8 Å². The van der Waals surface area contributed by atoms with Gasteiger partial charge in [-0.1, -0.05) is 11.6 Å². The van der Waals surface area contributed by atoms with Gasteiger partial charge in [-0.25, -0.2) is 18.4 Å². The fourth-order valence-corrected chi connectivity index (χ4v) is 1.42. The molecule has 1 aromatic heterocycles. The van der Waals surface area contributed by atoms with E-state index in [1.165, 1.54) is 12.4 Å². The van der Waals surface area contributed by atoms with E-state index in [4.69, 9.17) is 22.3 Å². The molecule has 1 rings (SSSR count). The molecule has 0 N–H and O–H groups in total. The van der Waals surface area contributed by atoms with E-state index in [0.29, 0.717) is 5.02 Å². The van der Waals surface area contributed by atoms with Gasteiger partial charge in [0.15, 0.2) is 0 Å². The van der Waals surface area contributed by atoms with Crippen molar-refractivity contribution in [2.24, 2.45) is 0 Å². The van der Waals surface area contributed by atoms with Crippen molar-refractivity contribution in [3.8, 4) is 0 Å². The lowest BCUT2D eigenvalue weighted by molar-refractivity contribution is 0.607. The van der Waals surface area contributed by atoms with Crippen molar-refractivity contribution < 1.29 is 8.42 Å². The van der Waals surface area contributed by atoms with Crippen molar-refractivity contribution >= 4 is 31.3 Å². The standard InChI is InChI=1S/C5H4Cl2N2O2S/c6-4-1-8-5(9-2-4)3-12(7,10)11/h1-2H,3H2. The van der Waals surface area contributed by atoms with E-state index in [1.807, 2.05) is 0 Å². The molecule has 0 atom stereocenters. The van der Waals surface area contributed by atoms with Crippen LogP contribution >= 0.6 is 22.3 Å². The van der Waals surface area contributed by atoms with Crippen LogP contribution in [0.3, 0.4) is 0 Å². The zero-order valence-corrected chi connectivity index (χ0v) is 8.07. The van der Waals surface area contributed by atoms with Crippen molar-refractivity contribution in [1.29, 1.82) is 0 Å². The lowest BCUT2D eigenvalue weighted by Gasteiger charge is -1.94. The minimum atomic E-state index is -3.59. The minimum Gasteiger partial charge on any atom is -0.239 e. The van der Waals surface area contributed by atoms with Crippen LogP contribution in [0.1, 0.15) is 5.82 Å². The van der Waals surface area contributed by atoms with Gasteiger partial charge >= 0.3 is 0 Å². The Hall–Kier alpha value is -0.390. The maximum absolute atomic E-state index is 10.5. The molecular formula is C5H4Cl2N2O2S. The molecule has 0 aliphatic rings. The summed E-state index contributed by atoms with van der Waals surface area (Å²) in [6.07, 6.45) is 2.62. The van der Waals surface area contributed by atoms with Gasteiger partial charge < -0.3 is 0 Å². The largest absolute Gasteiger partial charge is 0.239 e. The van der Waals surface area contributed by atoms with Gasteiger partial charge in [0.2, 0.25) is 9.05 Å². The lowest BCUT2D eigenvalue weighted by Crippen LogP contribution is -2.00. The molecule has 12 heavy (non-hydrogen) atoms. The third-order valence-corrected chi connectivity index (χ3v) is 2.10. The number of halogens is 2. The molecule has 1 aromatic rings. The molecule has 66 valence electrons. The van der Waals surface area contributed by atoms with Crippen LogP contribution in [0.5, 0.6) is 0 Å². The third-order valence-electron chi connectivity index (χ3n) is 0.975. The Kier molecular flexibility index (Phi) is 2.87. The summed E-state index contributed by atoms with van der Waals surface area (Å²) in [4.78, 5) is 7.31. The van der Waals surface area contributed by atoms with E-state index in [9.17, 15) is 8.42 Å². The Morgan fingerprint density at radius 1 is 1.33 bits per heavy atom. The summed E-state index contributed by atoms with van der Waals surface area (Å²) >= 11 is 5.48. The molecule has 1 heterocycles. The normalized spacial score (nSPS) is 11.5. The van der Waals surface area contributed by atoms with Gasteiger partial charge in [-0.15, -0.1) is 0 Å². The molecule has 7 heteroatoms. The quantitative estimate of drug-likeness (QED) is 0.712. The maximum atomic E-state index is 10.5. The van der Waals surface area contributed by atoms with Gasteiger partial charge in [-0.2, -0.15) is 0 Å². The van der Waals surface area contributed by atoms with Crippen molar-refractivity contribution in [3.05, 3.63) is 23.2 Å². The molecule has 0 fully saturated rings. The lowest BCUT2D eigenvalue weighted by atomic mass is 10.6. The van der Waals surface area contributed by atoms with E-state index in [-0.39, 0.29) is 11.6 Å². The monoisotopic (exact) mass is 226 g/mol. The average molecular weight is 227 g/mol. The summed E-state index contributed by atoms with van der Waals surface area (Å²) in [5.74, 6) is -0.250. The van der Waals surface area contributed by atoms with Crippen LogP contribution in [0.15, 0.2) is 12.4 Å². The molecule has 0 amide bonds. The highest BCUT2D eigenvalue weighted by Crippen LogP contribution is 2.07. The van der Waals surface area contributed by atoms with Crippen LogP contribution < -0.4 is 0 Å². The highest BCUT2D eigenvalue weighted by atomic mass is 35.7.